The van der Waals surface area contributed by atoms with Crippen molar-refractivity contribution in [2.75, 3.05) is 38.5 Å². The van der Waals surface area contributed by atoms with Crippen molar-refractivity contribution in [2.45, 2.75) is 0 Å². The minimum atomic E-state index is 0.734. The smallest absolute Gasteiger partial charge is 0.138 e. The van der Waals surface area contributed by atoms with Crippen LogP contribution in [0.25, 0.3) is 10.8 Å². The molecule has 3 aromatic rings. The van der Waals surface area contributed by atoms with Crippen molar-refractivity contribution in [1.29, 1.82) is 0 Å². The number of hydrogen-bond acceptors (Lipinski definition) is 5. The topological polar surface area (TPSA) is 46.6 Å². The number of aromatic nitrogens is 1. The minimum Gasteiger partial charge on any atom is -0.497 e. The first-order chi connectivity index (χ1) is 11.6. The molecule has 0 saturated heterocycles. The Labute approximate surface area is 141 Å². The Balaban J connectivity index is 2.08. The molecule has 0 fully saturated rings. The van der Waals surface area contributed by atoms with Gasteiger partial charge < -0.3 is 19.7 Å². The average molecular weight is 323 g/mol. The van der Waals surface area contributed by atoms with E-state index in [0.717, 1.165) is 39.5 Å². The van der Waals surface area contributed by atoms with Crippen molar-refractivity contribution < 1.29 is 9.47 Å². The van der Waals surface area contributed by atoms with Gasteiger partial charge in [-0.25, -0.2) is 4.98 Å². The predicted molar refractivity (Wildman–Crippen MR) is 98.9 cm³/mol. The van der Waals surface area contributed by atoms with Crippen molar-refractivity contribution in [3.63, 3.8) is 0 Å². The summed E-state index contributed by atoms with van der Waals surface area (Å²) in [6.07, 6.45) is 1.77. The Hall–Kier alpha value is -2.95. The molecular formula is C19H21N3O2. The monoisotopic (exact) mass is 323 g/mol. The molecule has 0 aliphatic carbocycles. The van der Waals surface area contributed by atoms with Crippen LogP contribution in [0.1, 0.15) is 0 Å². The first-order valence-corrected chi connectivity index (χ1v) is 7.67. The zero-order valence-corrected chi connectivity index (χ0v) is 14.3. The maximum atomic E-state index is 5.48. The number of pyridine rings is 1. The second-order valence-corrected chi connectivity index (χ2v) is 5.65. The lowest BCUT2D eigenvalue weighted by molar-refractivity contribution is 0.398. The predicted octanol–water partition coefficient (Wildman–Crippen LogP) is 4.06. The standard InChI is InChI=1S/C19H21N3O2/c1-22(2)14-7-5-6-13(10-14)21-19-17-11-15(23-3)12-18(24-4)16(17)8-9-20-19/h5-12H,1-4H3,(H,20,21). The highest BCUT2D eigenvalue weighted by molar-refractivity contribution is 5.98. The zero-order valence-electron chi connectivity index (χ0n) is 14.3. The third-order valence-electron chi connectivity index (χ3n) is 3.90. The molecule has 0 saturated carbocycles. The lowest BCUT2D eigenvalue weighted by atomic mass is 10.1. The maximum Gasteiger partial charge on any atom is 0.138 e. The number of hydrogen-bond donors (Lipinski definition) is 1. The highest BCUT2D eigenvalue weighted by Crippen LogP contribution is 2.35. The number of nitrogens with zero attached hydrogens (tertiary/aromatic N) is 2. The van der Waals surface area contributed by atoms with Crippen molar-refractivity contribution in [2.24, 2.45) is 0 Å². The molecule has 0 radical (unpaired) electrons. The summed E-state index contributed by atoms with van der Waals surface area (Å²) < 4.78 is 10.9. The van der Waals surface area contributed by atoms with Crippen LogP contribution in [0.4, 0.5) is 17.2 Å². The van der Waals surface area contributed by atoms with E-state index in [1.54, 1.807) is 20.4 Å². The lowest BCUT2D eigenvalue weighted by Gasteiger charge is -2.15. The van der Waals surface area contributed by atoms with E-state index in [1.165, 1.54) is 0 Å². The Morgan fingerprint density at radius 2 is 1.79 bits per heavy atom. The van der Waals surface area contributed by atoms with Crippen molar-refractivity contribution in [3.05, 3.63) is 48.7 Å². The quantitative estimate of drug-likeness (QED) is 0.767. The van der Waals surface area contributed by atoms with Gasteiger partial charge in [0.05, 0.1) is 14.2 Å². The number of nitrogens with one attached hydrogen (secondary N) is 1. The average Bonchev–Trinajstić information content (AvgIpc) is 2.61. The summed E-state index contributed by atoms with van der Waals surface area (Å²) >= 11 is 0. The molecular weight excluding hydrogens is 302 g/mol. The van der Waals surface area contributed by atoms with E-state index in [1.807, 2.05) is 44.4 Å². The van der Waals surface area contributed by atoms with Crippen LogP contribution < -0.4 is 19.7 Å². The molecule has 124 valence electrons. The van der Waals surface area contributed by atoms with E-state index < -0.39 is 0 Å². The Morgan fingerprint density at radius 1 is 0.958 bits per heavy atom. The summed E-state index contributed by atoms with van der Waals surface area (Å²) in [6, 6.07) is 14.0. The third-order valence-corrected chi connectivity index (χ3v) is 3.90. The van der Waals surface area contributed by atoms with Gasteiger partial charge in [0, 0.05) is 48.5 Å². The number of benzene rings is 2. The van der Waals surface area contributed by atoms with E-state index >= 15 is 0 Å². The fraction of sp³-hybridized carbons (Fsp3) is 0.211. The first-order valence-electron chi connectivity index (χ1n) is 7.67. The molecule has 2 aromatic carbocycles. The highest BCUT2D eigenvalue weighted by atomic mass is 16.5. The second-order valence-electron chi connectivity index (χ2n) is 5.65. The van der Waals surface area contributed by atoms with Gasteiger partial charge in [0.2, 0.25) is 0 Å². The van der Waals surface area contributed by atoms with E-state index in [4.69, 9.17) is 9.47 Å². The molecule has 0 aliphatic rings. The van der Waals surface area contributed by atoms with Crippen molar-refractivity contribution in [3.8, 4) is 11.5 Å². The Kier molecular flexibility index (Phi) is 4.42. The van der Waals surface area contributed by atoms with Gasteiger partial charge in [-0.2, -0.15) is 0 Å². The van der Waals surface area contributed by atoms with E-state index in [0.29, 0.717) is 0 Å². The molecule has 5 heteroatoms. The maximum absolute atomic E-state index is 5.48. The van der Waals surface area contributed by atoms with Crippen LogP contribution in [0.2, 0.25) is 0 Å². The van der Waals surface area contributed by atoms with Gasteiger partial charge in [0.1, 0.15) is 17.3 Å². The molecule has 0 atom stereocenters. The molecule has 1 heterocycles. The van der Waals surface area contributed by atoms with Gasteiger partial charge in [-0.1, -0.05) is 6.07 Å². The fourth-order valence-electron chi connectivity index (χ4n) is 2.61. The molecule has 0 spiro atoms. The zero-order chi connectivity index (χ0) is 17.1. The summed E-state index contributed by atoms with van der Waals surface area (Å²) in [6.45, 7) is 0. The molecule has 0 aliphatic heterocycles. The fourth-order valence-corrected chi connectivity index (χ4v) is 2.61. The van der Waals surface area contributed by atoms with E-state index in [-0.39, 0.29) is 0 Å². The van der Waals surface area contributed by atoms with Gasteiger partial charge in [0.25, 0.3) is 0 Å². The van der Waals surface area contributed by atoms with Crippen molar-refractivity contribution in [1.82, 2.24) is 4.98 Å². The molecule has 0 unspecified atom stereocenters. The van der Waals surface area contributed by atoms with Gasteiger partial charge >= 0.3 is 0 Å². The molecule has 0 amide bonds. The summed E-state index contributed by atoms with van der Waals surface area (Å²) in [5.41, 5.74) is 2.10. The second kappa shape index (κ2) is 6.66. The van der Waals surface area contributed by atoms with Gasteiger partial charge in [-0.15, -0.1) is 0 Å². The molecule has 5 nitrogen and oxygen atoms in total. The summed E-state index contributed by atoms with van der Waals surface area (Å²) in [7, 11) is 7.34. The SMILES string of the molecule is COc1cc(OC)c2ccnc(Nc3cccc(N(C)C)c3)c2c1. The molecule has 24 heavy (non-hydrogen) atoms. The number of methoxy groups -OCH3 is 2. The van der Waals surface area contributed by atoms with Crippen LogP contribution in [0, 0.1) is 0 Å². The minimum absolute atomic E-state index is 0.734. The van der Waals surface area contributed by atoms with E-state index in [2.05, 4.69) is 27.3 Å². The van der Waals surface area contributed by atoms with Crippen LogP contribution >= 0.6 is 0 Å². The Morgan fingerprint density at radius 3 is 2.50 bits per heavy atom. The number of fused-ring (bicyclic) bond motifs is 1. The number of rotatable bonds is 5. The summed E-state index contributed by atoms with van der Waals surface area (Å²) in [5, 5.41) is 5.33. The Bertz CT molecular complexity index is 862. The molecule has 1 N–H and O–H groups in total. The third kappa shape index (κ3) is 3.06. The lowest BCUT2D eigenvalue weighted by Crippen LogP contribution is -2.08. The van der Waals surface area contributed by atoms with Crippen LogP contribution in [-0.2, 0) is 0 Å². The number of anilines is 3. The molecule has 0 bridgehead atoms. The van der Waals surface area contributed by atoms with Crippen molar-refractivity contribution >= 4 is 28.0 Å². The van der Waals surface area contributed by atoms with Crippen LogP contribution in [0.5, 0.6) is 11.5 Å². The van der Waals surface area contributed by atoms with Crippen LogP contribution in [0.3, 0.4) is 0 Å². The molecule has 3 rings (SSSR count). The van der Waals surface area contributed by atoms with E-state index in [9.17, 15) is 0 Å². The van der Waals surface area contributed by atoms with Gasteiger partial charge in [0.15, 0.2) is 0 Å². The largest absolute Gasteiger partial charge is 0.497 e. The van der Waals surface area contributed by atoms with Gasteiger partial charge in [-0.05, 0) is 30.3 Å². The molecule has 1 aromatic heterocycles. The number of ether oxygens (including phenoxy) is 2. The van der Waals surface area contributed by atoms with Crippen LogP contribution in [-0.4, -0.2) is 33.3 Å². The summed E-state index contributed by atoms with van der Waals surface area (Å²) in [4.78, 5) is 6.55. The van der Waals surface area contributed by atoms with Gasteiger partial charge in [-0.3, -0.25) is 0 Å². The summed E-state index contributed by atoms with van der Waals surface area (Å²) in [5.74, 6) is 2.26. The first kappa shape index (κ1) is 15.9. The normalized spacial score (nSPS) is 10.5. The highest BCUT2D eigenvalue weighted by Gasteiger charge is 2.10. The van der Waals surface area contributed by atoms with Crippen LogP contribution in [0.15, 0.2) is 48.7 Å².